The average molecular weight is 205 g/mol. The van der Waals surface area contributed by atoms with Crippen molar-refractivity contribution in [2.45, 2.75) is 18.4 Å². The van der Waals surface area contributed by atoms with Crippen molar-refractivity contribution in [3.8, 4) is 0 Å². The smallest absolute Gasteiger partial charge is 0.133 e. The van der Waals surface area contributed by atoms with Crippen LogP contribution in [0.25, 0.3) is 0 Å². The third-order valence-corrected chi connectivity index (χ3v) is 2.41. The van der Waals surface area contributed by atoms with Gasteiger partial charge in [0.15, 0.2) is 0 Å². The SMILES string of the molecule is OC1(c2c(F)cc(Cl)cc2F)CC1. The number of halogens is 3. The lowest BCUT2D eigenvalue weighted by Gasteiger charge is -2.10. The van der Waals surface area contributed by atoms with Crippen molar-refractivity contribution in [1.82, 2.24) is 0 Å². The van der Waals surface area contributed by atoms with Crippen LogP contribution in [-0.2, 0) is 5.60 Å². The highest BCUT2D eigenvalue weighted by atomic mass is 35.5. The van der Waals surface area contributed by atoms with Gasteiger partial charge in [0.25, 0.3) is 0 Å². The molecule has 70 valence electrons. The van der Waals surface area contributed by atoms with E-state index in [2.05, 4.69) is 0 Å². The third-order valence-electron chi connectivity index (χ3n) is 2.20. The zero-order valence-electron chi connectivity index (χ0n) is 6.65. The van der Waals surface area contributed by atoms with Crippen LogP contribution in [0.2, 0.25) is 5.02 Å². The molecule has 0 saturated heterocycles. The van der Waals surface area contributed by atoms with Gasteiger partial charge in [0.1, 0.15) is 11.6 Å². The van der Waals surface area contributed by atoms with Crippen molar-refractivity contribution < 1.29 is 13.9 Å². The summed E-state index contributed by atoms with van der Waals surface area (Å²) in [5, 5.41) is 9.53. The minimum Gasteiger partial charge on any atom is -0.385 e. The number of benzene rings is 1. The molecule has 0 bridgehead atoms. The summed E-state index contributed by atoms with van der Waals surface area (Å²) in [6, 6.07) is 2.02. The fraction of sp³-hybridized carbons (Fsp3) is 0.333. The first-order chi connectivity index (χ1) is 6.03. The summed E-state index contributed by atoms with van der Waals surface area (Å²) in [6.45, 7) is 0. The van der Waals surface area contributed by atoms with Crippen molar-refractivity contribution in [1.29, 1.82) is 0 Å². The van der Waals surface area contributed by atoms with Gasteiger partial charge in [-0.3, -0.25) is 0 Å². The lowest BCUT2D eigenvalue weighted by molar-refractivity contribution is 0.141. The number of aliphatic hydroxyl groups is 1. The monoisotopic (exact) mass is 204 g/mol. The van der Waals surface area contributed by atoms with Crippen molar-refractivity contribution in [2.75, 3.05) is 0 Å². The predicted octanol–water partition coefficient (Wildman–Crippen LogP) is 2.60. The molecule has 1 N–H and O–H groups in total. The second-order valence-corrected chi connectivity index (χ2v) is 3.71. The van der Waals surface area contributed by atoms with Crippen LogP contribution in [0.1, 0.15) is 18.4 Å². The zero-order chi connectivity index (χ0) is 9.64. The van der Waals surface area contributed by atoms with Gasteiger partial charge in [-0.2, -0.15) is 0 Å². The number of hydrogen-bond donors (Lipinski definition) is 1. The number of rotatable bonds is 1. The molecule has 1 aromatic carbocycles. The second-order valence-electron chi connectivity index (χ2n) is 3.28. The Morgan fingerprint density at radius 2 is 1.69 bits per heavy atom. The molecule has 13 heavy (non-hydrogen) atoms. The van der Waals surface area contributed by atoms with E-state index in [0.29, 0.717) is 12.8 Å². The highest BCUT2D eigenvalue weighted by Crippen LogP contribution is 2.47. The maximum atomic E-state index is 13.2. The topological polar surface area (TPSA) is 20.2 Å². The van der Waals surface area contributed by atoms with Crippen molar-refractivity contribution in [2.24, 2.45) is 0 Å². The molecule has 0 aliphatic heterocycles. The van der Waals surface area contributed by atoms with Gasteiger partial charge in [-0.25, -0.2) is 8.78 Å². The predicted molar refractivity (Wildman–Crippen MR) is 44.5 cm³/mol. The lowest BCUT2D eigenvalue weighted by atomic mass is 10.1. The molecular formula is C9H7ClF2O. The molecule has 1 nitrogen and oxygen atoms in total. The minimum atomic E-state index is -1.29. The van der Waals surface area contributed by atoms with E-state index in [-0.39, 0.29) is 10.6 Å². The van der Waals surface area contributed by atoms with Crippen LogP contribution in [0.3, 0.4) is 0 Å². The van der Waals surface area contributed by atoms with Crippen molar-refractivity contribution in [3.63, 3.8) is 0 Å². The first-order valence-corrected chi connectivity index (χ1v) is 4.28. The van der Waals surface area contributed by atoms with Crippen LogP contribution in [0.15, 0.2) is 12.1 Å². The average Bonchev–Trinajstić information content (AvgIpc) is 2.65. The highest BCUT2D eigenvalue weighted by molar-refractivity contribution is 6.30. The lowest BCUT2D eigenvalue weighted by Crippen LogP contribution is -2.10. The van der Waals surface area contributed by atoms with Gasteiger partial charge in [0.05, 0.1) is 11.2 Å². The fourth-order valence-electron chi connectivity index (χ4n) is 1.36. The summed E-state index contributed by atoms with van der Waals surface area (Å²) in [5.41, 5.74) is -1.55. The molecule has 0 aromatic heterocycles. The Balaban J connectivity index is 2.57. The summed E-state index contributed by atoms with van der Waals surface area (Å²) in [4.78, 5) is 0. The second kappa shape index (κ2) is 2.66. The quantitative estimate of drug-likeness (QED) is 0.746. The van der Waals surface area contributed by atoms with Gasteiger partial charge in [0.2, 0.25) is 0 Å². The molecule has 0 radical (unpaired) electrons. The van der Waals surface area contributed by atoms with Crippen molar-refractivity contribution >= 4 is 11.6 Å². The first kappa shape index (κ1) is 8.91. The Morgan fingerprint density at radius 3 is 2.08 bits per heavy atom. The summed E-state index contributed by atoms with van der Waals surface area (Å²) in [6.07, 6.45) is 0.810. The van der Waals surface area contributed by atoms with Crippen LogP contribution in [0.5, 0.6) is 0 Å². The summed E-state index contributed by atoms with van der Waals surface area (Å²) < 4.78 is 26.3. The van der Waals surface area contributed by atoms with Gasteiger partial charge >= 0.3 is 0 Å². The maximum Gasteiger partial charge on any atom is 0.133 e. The summed E-state index contributed by atoms with van der Waals surface area (Å²) in [5.74, 6) is -1.55. The Bertz CT molecular complexity index is 338. The molecule has 4 heteroatoms. The molecule has 2 rings (SSSR count). The van der Waals surface area contributed by atoms with E-state index >= 15 is 0 Å². The Morgan fingerprint density at radius 1 is 1.23 bits per heavy atom. The van der Waals surface area contributed by atoms with Crippen LogP contribution in [-0.4, -0.2) is 5.11 Å². The fourth-order valence-corrected chi connectivity index (χ4v) is 1.55. The molecule has 0 atom stereocenters. The Labute approximate surface area is 78.9 Å². The molecule has 0 unspecified atom stereocenters. The highest BCUT2D eigenvalue weighted by Gasteiger charge is 2.46. The summed E-state index contributed by atoms with van der Waals surface area (Å²) >= 11 is 5.43. The van der Waals surface area contributed by atoms with E-state index in [0.717, 1.165) is 12.1 Å². The molecule has 1 saturated carbocycles. The molecule has 0 amide bonds. The summed E-state index contributed by atoms with van der Waals surface area (Å²) in [7, 11) is 0. The van der Waals surface area contributed by atoms with E-state index in [4.69, 9.17) is 11.6 Å². The molecular weight excluding hydrogens is 198 g/mol. The number of hydrogen-bond acceptors (Lipinski definition) is 1. The van der Waals surface area contributed by atoms with Crippen LogP contribution < -0.4 is 0 Å². The van der Waals surface area contributed by atoms with Gasteiger partial charge < -0.3 is 5.11 Å². The molecule has 1 aliphatic rings. The molecule has 0 heterocycles. The van der Waals surface area contributed by atoms with Gasteiger partial charge in [0, 0.05) is 5.02 Å². The molecule has 1 aromatic rings. The van der Waals surface area contributed by atoms with Gasteiger partial charge in [-0.15, -0.1) is 0 Å². The standard InChI is InChI=1S/C9H7ClF2O/c10-5-3-6(11)8(7(12)4-5)9(13)1-2-9/h3-4,13H,1-2H2. The molecule has 0 spiro atoms. The Kier molecular flexibility index (Phi) is 1.82. The van der Waals surface area contributed by atoms with E-state index < -0.39 is 17.2 Å². The largest absolute Gasteiger partial charge is 0.385 e. The van der Waals surface area contributed by atoms with Crippen LogP contribution in [0, 0.1) is 11.6 Å². The molecule has 1 fully saturated rings. The van der Waals surface area contributed by atoms with Crippen LogP contribution >= 0.6 is 11.6 Å². The third kappa shape index (κ3) is 1.42. The van der Waals surface area contributed by atoms with E-state index in [1.54, 1.807) is 0 Å². The van der Waals surface area contributed by atoms with Crippen LogP contribution in [0.4, 0.5) is 8.78 Å². The Hall–Kier alpha value is -0.670. The van der Waals surface area contributed by atoms with Gasteiger partial charge in [-0.05, 0) is 25.0 Å². The molecule has 1 aliphatic carbocycles. The van der Waals surface area contributed by atoms with E-state index in [1.807, 2.05) is 0 Å². The zero-order valence-corrected chi connectivity index (χ0v) is 7.41. The van der Waals surface area contributed by atoms with Crippen molar-refractivity contribution in [3.05, 3.63) is 34.4 Å². The van der Waals surface area contributed by atoms with E-state index in [1.165, 1.54) is 0 Å². The van der Waals surface area contributed by atoms with Gasteiger partial charge in [-0.1, -0.05) is 11.6 Å². The first-order valence-electron chi connectivity index (χ1n) is 3.90. The maximum absolute atomic E-state index is 13.2. The minimum absolute atomic E-state index is 0.00278. The normalized spacial score (nSPS) is 18.8. The van der Waals surface area contributed by atoms with E-state index in [9.17, 15) is 13.9 Å².